The minimum atomic E-state index is -4.10. The molecule has 0 aromatic heterocycles. The van der Waals surface area contributed by atoms with Gasteiger partial charge in [0.2, 0.25) is 15.9 Å². The molecule has 1 fully saturated rings. The maximum absolute atomic E-state index is 13.7. The minimum absolute atomic E-state index is 0.0123. The van der Waals surface area contributed by atoms with Crippen LogP contribution in [0.3, 0.4) is 0 Å². The number of nitrogens with zero attached hydrogens (tertiary/aromatic N) is 2. The Kier molecular flexibility index (Phi) is 7.27. The lowest BCUT2D eigenvalue weighted by Crippen LogP contribution is -2.59. The number of anilines is 1. The SMILES string of the molecule is Cc1c(F)cccc1NC(=O)CN1CC(C)N(S(=O)(=O)c2ccccc2S(C)(=O)=O)C(C)C1. The zero-order chi connectivity index (χ0) is 24.6. The molecule has 0 bridgehead atoms. The fourth-order valence-corrected chi connectivity index (χ4v) is 7.65. The predicted octanol–water partition coefficient (Wildman–Crippen LogP) is 2.26. The standard InChI is InChI=1S/C22H28FN3O5S2/c1-15-12-25(14-22(27)24-19-9-7-8-18(23)17(19)3)13-16(2)26(15)33(30,31)21-11-6-5-10-20(21)32(4,28)29/h5-11,15-16H,12-14H2,1-4H3,(H,24,27). The molecule has 0 spiro atoms. The molecule has 1 saturated heterocycles. The van der Waals surface area contributed by atoms with Crippen molar-refractivity contribution in [3.8, 4) is 0 Å². The van der Waals surface area contributed by atoms with Crippen molar-refractivity contribution in [2.45, 2.75) is 42.6 Å². The summed E-state index contributed by atoms with van der Waals surface area (Å²) in [6, 6.07) is 9.00. The third-order valence-corrected chi connectivity index (χ3v) is 9.10. The van der Waals surface area contributed by atoms with Gasteiger partial charge >= 0.3 is 0 Å². The van der Waals surface area contributed by atoms with Crippen LogP contribution in [0.15, 0.2) is 52.3 Å². The number of sulfonamides is 1. The Bertz CT molecular complexity index is 1250. The van der Waals surface area contributed by atoms with E-state index in [9.17, 15) is 26.0 Å². The first-order valence-corrected chi connectivity index (χ1v) is 13.8. The van der Waals surface area contributed by atoms with Gasteiger partial charge in [-0.1, -0.05) is 18.2 Å². The maximum atomic E-state index is 13.7. The second-order valence-electron chi connectivity index (χ2n) is 8.41. The molecule has 2 aromatic rings. The van der Waals surface area contributed by atoms with Crippen molar-refractivity contribution in [2.75, 3.05) is 31.2 Å². The molecule has 2 aromatic carbocycles. The third-order valence-electron chi connectivity index (χ3n) is 5.63. The van der Waals surface area contributed by atoms with Gasteiger partial charge in [-0.25, -0.2) is 21.2 Å². The van der Waals surface area contributed by atoms with Gasteiger partial charge in [-0.05, 0) is 45.0 Å². The molecular weight excluding hydrogens is 469 g/mol. The van der Waals surface area contributed by atoms with E-state index in [1.165, 1.54) is 40.7 Å². The van der Waals surface area contributed by atoms with Gasteiger partial charge in [0.25, 0.3) is 0 Å². The monoisotopic (exact) mass is 497 g/mol. The zero-order valence-corrected chi connectivity index (χ0v) is 20.6. The van der Waals surface area contributed by atoms with Crippen molar-refractivity contribution in [3.05, 3.63) is 53.8 Å². The molecule has 0 saturated carbocycles. The number of piperazine rings is 1. The van der Waals surface area contributed by atoms with Crippen LogP contribution in [0.5, 0.6) is 0 Å². The molecule has 0 radical (unpaired) electrons. The summed E-state index contributed by atoms with van der Waals surface area (Å²) < 4.78 is 66.2. The quantitative estimate of drug-likeness (QED) is 0.657. The summed E-state index contributed by atoms with van der Waals surface area (Å²) in [5.41, 5.74) is 0.729. The van der Waals surface area contributed by atoms with Crippen LogP contribution in [0.1, 0.15) is 19.4 Å². The van der Waals surface area contributed by atoms with E-state index < -0.39 is 37.8 Å². The highest BCUT2D eigenvalue weighted by atomic mass is 32.2. The van der Waals surface area contributed by atoms with Crippen LogP contribution >= 0.6 is 0 Å². The van der Waals surface area contributed by atoms with Gasteiger partial charge < -0.3 is 5.32 Å². The van der Waals surface area contributed by atoms with E-state index >= 15 is 0 Å². The van der Waals surface area contributed by atoms with Crippen LogP contribution in [-0.2, 0) is 24.7 Å². The highest BCUT2D eigenvalue weighted by Crippen LogP contribution is 2.29. The van der Waals surface area contributed by atoms with Crippen LogP contribution in [0.25, 0.3) is 0 Å². The molecule has 180 valence electrons. The lowest BCUT2D eigenvalue weighted by molar-refractivity contribution is -0.118. The fraction of sp³-hybridized carbons (Fsp3) is 0.409. The number of carbonyl (C=O) groups excluding carboxylic acids is 1. The van der Waals surface area contributed by atoms with Crippen LogP contribution in [0, 0.1) is 12.7 Å². The predicted molar refractivity (Wildman–Crippen MR) is 124 cm³/mol. The number of benzene rings is 2. The highest BCUT2D eigenvalue weighted by Gasteiger charge is 2.40. The van der Waals surface area contributed by atoms with Crippen molar-refractivity contribution in [1.82, 2.24) is 9.21 Å². The smallest absolute Gasteiger partial charge is 0.244 e. The molecule has 1 amide bonds. The second kappa shape index (κ2) is 9.49. The normalized spacial score (nSPS) is 20.5. The molecule has 3 rings (SSSR count). The largest absolute Gasteiger partial charge is 0.325 e. The number of carbonyl (C=O) groups is 1. The summed E-state index contributed by atoms with van der Waals surface area (Å²) in [4.78, 5) is 13.9. The molecule has 1 aliphatic rings. The molecule has 1 aliphatic heterocycles. The van der Waals surface area contributed by atoms with Crippen molar-refractivity contribution in [3.63, 3.8) is 0 Å². The summed E-state index contributed by atoms with van der Waals surface area (Å²) in [5, 5.41) is 2.70. The summed E-state index contributed by atoms with van der Waals surface area (Å²) >= 11 is 0. The van der Waals surface area contributed by atoms with E-state index in [4.69, 9.17) is 0 Å². The molecular formula is C22H28FN3O5S2. The average Bonchev–Trinajstić information content (AvgIpc) is 2.70. The van der Waals surface area contributed by atoms with Gasteiger partial charge in [-0.2, -0.15) is 4.31 Å². The Labute approximate surface area is 194 Å². The van der Waals surface area contributed by atoms with Crippen LogP contribution in [0.4, 0.5) is 10.1 Å². The zero-order valence-electron chi connectivity index (χ0n) is 18.9. The molecule has 1 N–H and O–H groups in total. The first-order chi connectivity index (χ1) is 15.3. The molecule has 33 heavy (non-hydrogen) atoms. The molecule has 8 nitrogen and oxygen atoms in total. The highest BCUT2D eigenvalue weighted by molar-refractivity contribution is 7.93. The summed E-state index contributed by atoms with van der Waals surface area (Å²) in [6.07, 6.45) is 0.977. The molecule has 11 heteroatoms. The van der Waals surface area contributed by atoms with Gasteiger partial charge in [0.15, 0.2) is 9.84 Å². The lowest BCUT2D eigenvalue weighted by Gasteiger charge is -2.43. The summed E-state index contributed by atoms with van der Waals surface area (Å²) in [6.45, 7) is 5.58. The number of rotatable bonds is 6. The van der Waals surface area contributed by atoms with E-state index in [1.807, 2.05) is 4.90 Å². The number of halogens is 1. The number of hydrogen-bond acceptors (Lipinski definition) is 6. The van der Waals surface area contributed by atoms with E-state index in [2.05, 4.69) is 5.32 Å². The van der Waals surface area contributed by atoms with Gasteiger partial charge in [0.05, 0.1) is 11.4 Å². The first kappa shape index (κ1) is 25.3. The summed E-state index contributed by atoms with van der Waals surface area (Å²) in [5.74, 6) is -0.745. The Hall–Kier alpha value is -2.34. The first-order valence-electron chi connectivity index (χ1n) is 10.4. The minimum Gasteiger partial charge on any atom is -0.325 e. The number of amides is 1. The van der Waals surface area contributed by atoms with Crippen molar-refractivity contribution in [2.24, 2.45) is 0 Å². The fourth-order valence-electron chi connectivity index (χ4n) is 4.24. The average molecular weight is 498 g/mol. The molecule has 2 atom stereocenters. The second-order valence-corrected chi connectivity index (χ2v) is 12.2. The number of sulfone groups is 1. The van der Waals surface area contributed by atoms with Crippen molar-refractivity contribution in [1.29, 1.82) is 0 Å². The van der Waals surface area contributed by atoms with Crippen LogP contribution in [0.2, 0.25) is 0 Å². The number of nitrogens with one attached hydrogen (secondary N) is 1. The lowest BCUT2D eigenvalue weighted by atomic mass is 10.1. The Morgan fingerprint density at radius 3 is 2.15 bits per heavy atom. The van der Waals surface area contributed by atoms with Crippen LogP contribution in [-0.4, -0.2) is 69.9 Å². The van der Waals surface area contributed by atoms with E-state index in [0.29, 0.717) is 11.3 Å². The maximum Gasteiger partial charge on any atom is 0.244 e. The Morgan fingerprint density at radius 1 is 1.00 bits per heavy atom. The van der Waals surface area contributed by atoms with Crippen molar-refractivity contribution < 1.29 is 26.0 Å². The van der Waals surface area contributed by atoms with Gasteiger partial charge in [0, 0.05) is 42.7 Å². The van der Waals surface area contributed by atoms with E-state index in [-0.39, 0.29) is 35.3 Å². The molecule has 0 aliphatic carbocycles. The van der Waals surface area contributed by atoms with Gasteiger partial charge in [-0.15, -0.1) is 0 Å². The van der Waals surface area contributed by atoms with E-state index in [0.717, 1.165) is 6.26 Å². The molecule has 2 unspecified atom stereocenters. The topological polar surface area (TPSA) is 104 Å². The Balaban J connectivity index is 1.76. The van der Waals surface area contributed by atoms with Gasteiger partial charge in [-0.3, -0.25) is 9.69 Å². The summed E-state index contributed by atoms with van der Waals surface area (Å²) in [7, 11) is -7.85. The van der Waals surface area contributed by atoms with Crippen molar-refractivity contribution >= 4 is 31.5 Å². The van der Waals surface area contributed by atoms with Gasteiger partial charge in [0.1, 0.15) is 10.7 Å². The Morgan fingerprint density at radius 2 is 1.58 bits per heavy atom. The van der Waals surface area contributed by atoms with E-state index in [1.54, 1.807) is 26.8 Å². The molecule has 1 heterocycles. The third kappa shape index (κ3) is 5.43. The number of hydrogen-bond donors (Lipinski definition) is 1. The van der Waals surface area contributed by atoms with Crippen LogP contribution < -0.4 is 5.32 Å².